The molecule has 0 aliphatic heterocycles. The zero-order chi connectivity index (χ0) is 6.41. The van der Waals surface area contributed by atoms with Gasteiger partial charge in [-0.2, -0.15) is 12.6 Å². The molecule has 46 valence electrons. The van der Waals surface area contributed by atoms with Crippen LogP contribution in [-0.2, 0) is 0 Å². The number of allylic oxidation sites excluding steroid dienone is 2. The molecule has 0 rings (SSSR count). The van der Waals surface area contributed by atoms with Crippen LogP contribution in [0, 0.1) is 0 Å². The molecule has 0 unspecified atom stereocenters. The van der Waals surface area contributed by atoms with Crippen LogP contribution < -0.4 is 5.84 Å². The SMILES string of the molecule is CN(N)/C=C\C=C\S. The topological polar surface area (TPSA) is 29.3 Å². The molecule has 0 saturated heterocycles. The molecule has 0 atom stereocenters. The third-order valence-corrected chi connectivity index (χ3v) is 0.691. The van der Waals surface area contributed by atoms with E-state index in [1.807, 2.05) is 0 Å². The van der Waals surface area contributed by atoms with E-state index in [9.17, 15) is 0 Å². The summed E-state index contributed by atoms with van der Waals surface area (Å²) in [4.78, 5) is 0. The Hall–Kier alpha value is -0.410. The monoisotopic (exact) mass is 130 g/mol. The molecule has 2 N–H and O–H groups in total. The first-order chi connectivity index (χ1) is 3.77. The lowest BCUT2D eigenvalue weighted by molar-refractivity contribution is 0.485. The van der Waals surface area contributed by atoms with Gasteiger partial charge in [0.25, 0.3) is 0 Å². The number of nitrogens with zero attached hydrogens (tertiary/aromatic N) is 1. The van der Waals surface area contributed by atoms with Crippen LogP contribution in [0.25, 0.3) is 0 Å². The van der Waals surface area contributed by atoms with E-state index in [1.165, 1.54) is 5.01 Å². The smallest absolute Gasteiger partial charge is 0.0222 e. The minimum absolute atomic E-state index is 1.47. The van der Waals surface area contributed by atoms with Crippen molar-refractivity contribution in [3.8, 4) is 0 Å². The molecular formula is C5H10N2S. The molecule has 2 nitrogen and oxygen atoms in total. The lowest BCUT2D eigenvalue weighted by Gasteiger charge is -2.00. The van der Waals surface area contributed by atoms with Crippen LogP contribution in [0.1, 0.15) is 0 Å². The molecule has 0 aromatic heterocycles. The summed E-state index contributed by atoms with van der Waals surface area (Å²) in [7, 11) is 1.75. The van der Waals surface area contributed by atoms with Crippen molar-refractivity contribution in [2.75, 3.05) is 7.05 Å². The average Bonchev–Trinajstić information content (AvgIpc) is 1.66. The van der Waals surface area contributed by atoms with Gasteiger partial charge in [0.15, 0.2) is 0 Å². The summed E-state index contributed by atoms with van der Waals surface area (Å²) >= 11 is 3.83. The van der Waals surface area contributed by atoms with Crippen molar-refractivity contribution in [3.63, 3.8) is 0 Å². The van der Waals surface area contributed by atoms with E-state index in [2.05, 4.69) is 12.6 Å². The third-order valence-electron chi connectivity index (χ3n) is 0.518. The number of nitrogens with two attached hydrogens (primary N) is 1. The molecule has 0 aromatic rings. The van der Waals surface area contributed by atoms with E-state index in [4.69, 9.17) is 5.84 Å². The predicted molar refractivity (Wildman–Crippen MR) is 39.2 cm³/mol. The summed E-state index contributed by atoms with van der Waals surface area (Å²) in [6, 6.07) is 0. The molecule has 0 aliphatic carbocycles. The zero-order valence-corrected chi connectivity index (χ0v) is 5.68. The Morgan fingerprint density at radius 3 is 2.50 bits per heavy atom. The number of hydrogen-bond donors (Lipinski definition) is 2. The normalized spacial score (nSPS) is 11.4. The number of thiol groups is 1. The molecule has 3 heteroatoms. The molecule has 8 heavy (non-hydrogen) atoms. The van der Waals surface area contributed by atoms with Gasteiger partial charge in [-0.05, 0) is 11.5 Å². The van der Waals surface area contributed by atoms with Gasteiger partial charge in [-0.1, -0.05) is 6.08 Å². The highest BCUT2D eigenvalue weighted by Crippen LogP contribution is 1.79. The second-order valence-electron chi connectivity index (χ2n) is 1.35. The maximum Gasteiger partial charge on any atom is 0.0222 e. The summed E-state index contributed by atoms with van der Waals surface area (Å²) in [5.41, 5.74) is 0. The standard InChI is InChI=1S/C5H10N2S/c1-7(6)4-2-3-5-8/h2-5,8H,6H2,1H3/b4-2-,5-3+. The van der Waals surface area contributed by atoms with Crippen LogP contribution >= 0.6 is 12.6 Å². The second kappa shape index (κ2) is 4.74. The maximum atomic E-state index is 5.22. The molecule has 0 amide bonds. The van der Waals surface area contributed by atoms with Crippen LogP contribution in [0.15, 0.2) is 23.8 Å². The van der Waals surface area contributed by atoms with Gasteiger partial charge in [0, 0.05) is 13.2 Å². The van der Waals surface area contributed by atoms with Crippen LogP contribution in [0.5, 0.6) is 0 Å². The maximum absolute atomic E-state index is 5.22. The van der Waals surface area contributed by atoms with Gasteiger partial charge in [0.2, 0.25) is 0 Å². The number of hydrazine groups is 1. The van der Waals surface area contributed by atoms with Crippen molar-refractivity contribution in [2.45, 2.75) is 0 Å². The summed E-state index contributed by atoms with van der Waals surface area (Å²) in [5.74, 6) is 5.22. The van der Waals surface area contributed by atoms with Gasteiger partial charge >= 0.3 is 0 Å². The van der Waals surface area contributed by atoms with Gasteiger partial charge in [0.05, 0.1) is 0 Å². The van der Waals surface area contributed by atoms with E-state index in [0.29, 0.717) is 0 Å². The van der Waals surface area contributed by atoms with E-state index in [-0.39, 0.29) is 0 Å². The van der Waals surface area contributed by atoms with Gasteiger partial charge < -0.3 is 5.01 Å². The Kier molecular flexibility index (Phi) is 4.50. The molecular weight excluding hydrogens is 120 g/mol. The first kappa shape index (κ1) is 7.59. The molecule has 0 saturated carbocycles. The lowest BCUT2D eigenvalue weighted by atomic mass is 10.6. The van der Waals surface area contributed by atoms with Crippen molar-refractivity contribution in [1.82, 2.24) is 5.01 Å². The summed E-state index contributed by atoms with van der Waals surface area (Å²) < 4.78 is 0. The zero-order valence-electron chi connectivity index (χ0n) is 4.78. The molecule has 0 radical (unpaired) electrons. The minimum Gasteiger partial charge on any atom is -0.321 e. The fourth-order valence-corrected chi connectivity index (χ4v) is 0.335. The van der Waals surface area contributed by atoms with Crippen LogP contribution in [0.3, 0.4) is 0 Å². The molecule has 0 heterocycles. The Balaban J connectivity index is 3.34. The van der Waals surface area contributed by atoms with E-state index in [0.717, 1.165) is 0 Å². The second-order valence-corrected chi connectivity index (χ2v) is 1.65. The average molecular weight is 130 g/mol. The first-order valence-electron chi connectivity index (χ1n) is 2.22. The molecule has 0 aliphatic rings. The summed E-state index contributed by atoms with van der Waals surface area (Å²) in [5, 5.41) is 3.10. The first-order valence-corrected chi connectivity index (χ1v) is 2.74. The predicted octanol–water partition coefficient (Wildman–Crippen LogP) is 0.749. The molecule has 0 spiro atoms. The highest BCUT2D eigenvalue weighted by atomic mass is 32.1. The molecule has 0 aromatic carbocycles. The van der Waals surface area contributed by atoms with E-state index < -0.39 is 0 Å². The van der Waals surface area contributed by atoms with Gasteiger partial charge in [0.1, 0.15) is 0 Å². The van der Waals surface area contributed by atoms with E-state index >= 15 is 0 Å². The Labute approximate surface area is 55.0 Å². The largest absolute Gasteiger partial charge is 0.321 e. The quantitative estimate of drug-likeness (QED) is 0.250. The molecule has 0 fully saturated rings. The van der Waals surface area contributed by atoms with Crippen LogP contribution in [0.4, 0.5) is 0 Å². The van der Waals surface area contributed by atoms with Gasteiger partial charge in [-0.3, -0.25) is 0 Å². The molecule has 0 bridgehead atoms. The highest BCUT2D eigenvalue weighted by Gasteiger charge is 1.68. The summed E-state index contributed by atoms with van der Waals surface area (Å²) in [6.45, 7) is 0. The van der Waals surface area contributed by atoms with Crippen molar-refractivity contribution >= 4 is 12.6 Å². The number of hydrogen-bond acceptors (Lipinski definition) is 3. The van der Waals surface area contributed by atoms with Gasteiger partial charge in [-0.15, -0.1) is 0 Å². The minimum atomic E-state index is 1.47. The van der Waals surface area contributed by atoms with Crippen molar-refractivity contribution < 1.29 is 0 Å². The Morgan fingerprint density at radius 1 is 1.50 bits per heavy atom. The highest BCUT2D eigenvalue weighted by molar-refractivity contribution is 7.83. The number of rotatable bonds is 2. The third kappa shape index (κ3) is 5.59. The lowest BCUT2D eigenvalue weighted by Crippen LogP contribution is -2.17. The van der Waals surface area contributed by atoms with Crippen molar-refractivity contribution in [1.29, 1.82) is 0 Å². The fraction of sp³-hybridized carbons (Fsp3) is 0.200. The van der Waals surface area contributed by atoms with Gasteiger partial charge in [-0.25, -0.2) is 5.84 Å². The van der Waals surface area contributed by atoms with E-state index in [1.54, 1.807) is 30.8 Å². The van der Waals surface area contributed by atoms with Crippen molar-refractivity contribution in [3.05, 3.63) is 23.8 Å². The Bertz CT molecular complexity index is 96.6. The Morgan fingerprint density at radius 2 is 2.12 bits per heavy atom. The van der Waals surface area contributed by atoms with Crippen LogP contribution in [0.2, 0.25) is 0 Å². The fourth-order valence-electron chi connectivity index (χ4n) is 0.235. The van der Waals surface area contributed by atoms with Crippen molar-refractivity contribution in [2.24, 2.45) is 5.84 Å². The van der Waals surface area contributed by atoms with Crippen LogP contribution in [-0.4, -0.2) is 12.1 Å². The summed E-state index contributed by atoms with van der Waals surface area (Å²) in [6.07, 6.45) is 5.31.